The van der Waals surface area contributed by atoms with Crippen LogP contribution in [-0.4, -0.2) is 15.1 Å². The second-order valence-corrected chi connectivity index (χ2v) is 4.53. The van der Waals surface area contributed by atoms with E-state index in [0.717, 1.165) is 17.7 Å². The summed E-state index contributed by atoms with van der Waals surface area (Å²) in [5.41, 5.74) is 2.82. The highest BCUT2D eigenvalue weighted by molar-refractivity contribution is 6.29. The van der Waals surface area contributed by atoms with Gasteiger partial charge < -0.3 is 5.11 Å². The van der Waals surface area contributed by atoms with Gasteiger partial charge >= 0.3 is 0 Å². The van der Waals surface area contributed by atoms with E-state index in [4.69, 9.17) is 11.6 Å². The fourth-order valence-corrected chi connectivity index (χ4v) is 1.91. The van der Waals surface area contributed by atoms with E-state index in [0.29, 0.717) is 11.6 Å². The number of aromatic nitrogens is 2. The predicted octanol–water partition coefficient (Wildman–Crippen LogP) is 2.97. The summed E-state index contributed by atoms with van der Waals surface area (Å²) in [5, 5.41) is 10.5. The standard InChI is InChI=1S/C14H15ClN2O/c1-2-10-3-4-12(17-9-10)8-13(18)11-5-6-16-14(15)7-11/h3-7,9,13,18H,2,8H2,1H3. The van der Waals surface area contributed by atoms with E-state index in [1.165, 1.54) is 5.56 Å². The zero-order valence-corrected chi connectivity index (χ0v) is 10.9. The lowest BCUT2D eigenvalue weighted by Gasteiger charge is -2.10. The van der Waals surface area contributed by atoms with Gasteiger partial charge in [0, 0.05) is 24.5 Å². The maximum absolute atomic E-state index is 10.1. The number of hydrogen-bond acceptors (Lipinski definition) is 3. The largest absolute Gasteiger partial charge is 0.388 e. The molecule has 0 radical (unpaired) electrons. The summed E-state index contributed by atoms with van der Waals surface area (Å²) < 4.78 is 0. The Morgan fingerprint density at radius 3 is 2.72 bits per heavy atom. The Morgan fingerprint density at radius 1 is 1.28 bits per heavy atom. The number of pyridine rings is 2. The second-order valence-electron chi connectivity index (χ2n) is 4.14. The summed E-state index contributed by atoms with van der Waals surface area (Å²) in [6.45, 7) is 2.09. The number of hydrogen-bond donors (Lipinski definition) is 1. The van der Waals surface area contributed by atoms with Crippen molar-refractivity contribution in [1.29, 1.82) is 0 Å². The molecule has 0 saturated heterocycles. The van der Waals surface area contributed by atoms with Gasteiger partial charge in [-0.05, 0) is 35.7 Å². The van der Waals surface area contributed by atoms with E-state index < -0.39 is 6.10 Å². The van der Waals surface area contributed by atoms with E-state index in [1.54, 1.807) is 18.3 Å². The second kappa shape index (κ2) is 5.94. The Morgan fingerprint density at radius 2 is 2.11 bits per heavy atom. The lowest BCUT2D eigenvalue weighted by molar-refractivity contribution is 0.177. The minimum atomic E-state index is -0.606. The molecule has 0 aromatic carbocycles. The van der Waals surface area contributed by atoms with Crippen LogP contribution in [0.2, 0.25) is 5.15 Å². The minimum Gasteiger partial charge on any atom is -0.388 e. The first-order valence-corrected chi connectivity index (χ1v) is 6.30. The van der Waals surface area contributed by atoms with Gasteiger partial charge in [0.1, 0.15) is 5.15 Å². The van der Waals surface area contributed by atoms with Crippen LogP contribution in [0, 0.1) is 0 Å². The van der Waals surface area contributed by atoms with Crippen LogP contribution in [0.4, 0.5) is 0 Å². The first kappa shape index (κ1) is 13.0. The zero-order chi connectivity index (χ0) is 13.0. The molecule has 0 spiro atoms. The third-order valence-electron chi connectivity index (χ3n) is 2.83. The number of aryl methyl sites for hydroxylation is 1. The van der Waals surface area contributed by atoms with Crippen molar-refractivity contribution in [1.82, 2.24) is 9.97 Å². The lowest BCUT2D eigenvalue weighted by atomic mass is 10.1. The molecule has 0 amide bonds. The highest BCUT2D eigenvalue weighted by Crippen LogP contribution is 2.19. The molecule has 1 N–H and O–H groups in total. The number of rotatable bonds is 4. The first-order chi connectivity index (χ1) is 8.69. The van der Waals surface area contributed by atoms with Crippen molar-refractivity contribution in [2.75, 3.05) is 0 Å². The summed E-state index contributed by atoms with van der Waals surface area (Å²) in [6, 6.07) is 7.42. The quantitative estimate of drug-likeness (QED) is 0.862. The van der Waals surface area contributed by atoms with Gasteiger partial charge in [-0.25, -0.2) is 4.98 Å². The molecular formula is C14H15ClN2O. The van der Waals surface area contributed by atoms with E-state index in [9.17, 15) is 5.11 Å². The Hall–Kier alpha value is -1.45. The molecule has 94 valence electrons. The van der Waals surface area contributed by atoms with Gasteiger partial charge in [-0.3, -0.25) is 4.98 Å². The predicted molar refractivity (Wildman–Crippen MR) is 71.5 cm³/mol. The maximum Gasteiger partial charge on any atom is 0.129 e. The van der Waals surface area contributed by atoms with Crippen LogP contribution < -0.4 is 0 Å². The lowest BCUT2D eigenvalue weighted by Crippen LogP contribution is -2.04. The molecule has 2 aromatic heterocycles. The van der Waals surface area contributed by atoms with Gasteiger partial charge in [-0.15, -0.1) is 0 Å². The first-order valence-electron chi connectivity index (χ1n) is 5.92. The van der Waals surface area contributed by atoms with Crippen LogP contribution in [0.5, 0.6) is 0 Å². The van der Waals surface area contributed by atoms with Crippen LogP contribution in [0.3, 0.4) is 0 Å². The van der Waals surface area contributed by atoms with Crippen LogP contribution in [-0.2, 0) is 12.8 Å². The van der Waals surface area contributed by atoms with Gasteiger partial charge in [0.2, 0.25) is 0 Å². The topological polar surface area (TPSA) is 46.0 Å². The van der Waals surface area contributed by atoms with Gasteiger partial charge in [0.25, 0.3) is 0 Å². The van der Waals surface area contributed by atoms with Gasteiger partial charge in [-0.2, -0.15) is 0 Å². The van der Waals surface area contributed by atoms with Crippen LogP contribution in [0.1, 0.15) is 29.8 Å². The molecule has 0 aliphatic heterocycles. The monoisotopic (exact) mass is 262 g/mol. The number of nitrogens with zero attached hydrogens (tertiary/aromatic N) is 2. The van der Waals surface area contributed by atoms with Crippen molar-refractivity contribution in [2.24, 2.45) is 0 Å². The van der Waals surface area contributed by atoms with Crippen molar-refractivity contribution in [2.45, 2.75) is 25.9 Å². The van der Waals surface area contributed by atoms with Crippen molar-refractivity contribution in [3.8, 4) is 0 Å². The average molecular weight is 263 g/mol. The smallest absolute Gasteiger partial charge is 0.129 e. The van der Waals surface area contributed by atoms with Crippen LogP contribution in [0.25, 0.3) is 0 Å². The van der Waals surface area contributed by atoms with Crippen LogP contribution in [0.15, 0.2) is 36.7 Å². The molecule has 2 rings (SSSR count). The summed E-state index contributed by atoms with van der Waals surface area (Å²) >= 11 is 5.79. The summed E-state index contributed by atoms with van der Waals surface area (Å²) in [4.78, 5) is 8.22. The Kier molecular flexibility index (Phi) is 4.28. The molecular weight excluding hydrogens is 248 g/mol. The number of aliphatic hydroxyl groups is 1. The molecule has 3 nitrogen and oxygen atoms in total. The minimum absolute atomic E-state index is 0.390. The molecule has 2 heterocycles. The molecule has 1 atom stereocenters. The molecule has 0 fully saturated rings. The molecule has 2 aromatic rings. The average Bonchev–Trinajstić information content (AvgIpc) is 2.39. The SMILES string of the molecule is CCc1ccc(CC(O)c2ccnc(Cl)c2)nc1. The fraction of sp³-hybridized carbons (Fsp3) is 0.286. The Labute approximate surface area is 111 Å². The third kappa shape index (κ3) is 3.28. The molecule has 0 aliphatic rings. The summed E-state index contributed by atoms with van der Waals surface area (Å²) in [7, 11) is 0. The van der Waals surface area contributed by atoms with Crippen molar-refractivity contribution in [3.05, 3.63) is 58.6 Å². The van der Waals surface area contributed by atoms with Crippen molar-refractivity contribution in [3.63, 3.8) is 0 Å². The maximum atomic E-state index is 10.1. The highest BCUT2D eigenvalue weighted by Gasteiger charge is 2.10. The van der Waals surface area contributed by atoms with Gasteiger partial charge in [0.05, 0.1) is 6.10 Å². The van der Waals surface area contributed by atoms with Gasteiger partial charge in [0.15, 0.2) is 0 Å². The molecule has 0 aliphatic carbocycles. The summed E-state index contributed by atoms with van der Waals surface area (Å²) in [5.74, 6) is 0. The van der Waals surface area contributed by atoms with Crippen molar-refractivity contribution >= 4 is 11.6 Å². The summed E-state index contributed by atoms with van der Waals surface area (Å²) in [6.07, 6.45) is 4.28. The molecule has 4 heteroatoms. The number of halogens is 1. The Balaban J connectivity index is 2.08. The molecule has 18 heavy (non-hydrogen) atoms. The van der Waals surface area contributed by atoms with E-state index >= 15 is 0 Å². The van der Waals surface area contributed by atoms with Crippen LogP contribution >= 0.6 is 11.6 Å². The molecule has 1 unspecified atom stereocenters. The van der Waals surface area contributed by atoms with E-state index in [-0.39, 0.29) is 0 Å². The highest BCUT2D eigenvalue weighted by atomic mass is 35.5. The fourth-order valence-electron chi connectivity index (χ4n) is 1.73. The molecule has 0 bridgehead atoms. The molecule has 0 saturated carbocycles. The number of aliphatic hydroxyl groups excluding tert-OH is 1. The van der Waals surface area contributed by atoms with E-state index in [1.807, 2.05) is 18.3 Å². The van der Waals surface area contributed by atoms with Crippen molar-refractivity contribution < 1.29 is 5.11 Å². The normalized spacial score (nSPS) is 12.4. The zero-order valence-electron chi connectivity index (χ0n) is 10.2. The van der Waals surface area contributed by atoms with E-state index in [2.05, 4.69) is 16.9 Å². The third-order valence-corrected chi connectivity index (χ3v) is 3.04. The Bertz CT molecular complexity index is 513. The van der Waals surface area contributed by atoms with Gasteiger partial charge in [-0.1, -0.05) is 24.6 Å².